The van der Waals surface area contributed by atoms with Gasteiger partial charge in [0.2, 0.25) is 0 Å². The van der Waals surface area contributed by atoms with Gasteiger partial charge < -0.3 is 4.98 Å². The van der Waals surface area contributed by atoms with E-state index in [0.717, 1.165) is 0 Å². The van der Waals surface area contributed by atoms with E-state index in [-0.39, 0.29) is 0 Å². The zero-order valence-electron chi connectivity index (χ0n) is 6.19. The van der Waals surface area contributed by atoms with E-state index < -0.39 is 7.55 Å². The topological polar surface area (TPSA) is 12.0 Å². The lowest BCUT2D eigenvalue weighted by molar-refractivity contribution is 1.34. The van der Waals surface area contributed by atoms with Crippen LogP contribution < -0.4 is 4.98 Å². The summed E-state index contributed by atoms with van der Waals surface area (Å²) >= 11 is 11.5. The highest BCUT2D eigenvalue weighted by Gasteiger charge is 2.20. The van der Waals surface area contributed by atoms with Crippen molar-refractivity contribution < 1.29 is 0 Å². The molecule has 1 N–H and O–H groups in total. The Morgan fingerprint density at radius 1 is 1.36 bits per heavy atom. The predicted octanol–water partition coefficient (Wildman–Crippen LogP) is 1.77. The van der Waals surface area contributed by atoms with Gasteiger partial charge in [-0.2, -0.15) is 11.5 Å². The second-order valence-corrected chi connectivity index (χ2v) is 6.70. The molecule has 0 atom stereocenters. The van der Waals surface area contributed by atoms with Crippen molar-refractivity contribution in [1.29, 1.82) is 0 Å². The summed E-state index contributed by atoms with van der Waals surface area (Å²) in [5, 5.41) is 0. The Morgan fingerprint density at radius 3 is 2.27 bits per heavy atom. The molecule has 0 aliphatic heterocycles. The Labute approximate surface area is 78.7 Å². The third kappa shape index (κ3) is 4.35. The van der Waals surface area contributed by atoms with Crippen LogP contribution in [0.5, 0.6) is 0 Å². The predicted molar refractivity (Wildman–Crippen MR) is 57.3 cm³/mol. The van der Waals surface area contributed by atoms with Crippen molar-refractivity contribution in [1.82, 2.24) is 4.98 Å². The van der Waals surface area contributed by atoms with Crippen molar-refractivity contribution in [2.24, 2.45) is 0 Å². The van der Waals surface area contributed by atoms with Gasteiger partial charge in [-0.25, -0.2) is 0 Å². The van der Waals surface area contributed by atoms with E-state index in [4.69, 9.17) is 22.5 Å². The lowest BCUT2D eigenvalue weighted by Crippen LogP contribution is -2.38. The van der Waals surface area contributed by atoms with Gasteiger partial charge >= 0.3 is 7.55 Å². The standard InChI is InChI=1S/C6H10BCl2NSi/c1-3-11(9,4-2)10-6-5-7-8/h3-7,10H,1-2H2. The Kier molecular flexibility index (Phi) is 5.46. The summed E-state index contributed by atoms with van der Waals surface area (Å²) in [7, 11) is -2.13. The van der Waals surface area contributed by atoms with Gasteiger partial charge in [0.25, 0.3) is 6.69 Å². The van der Waals surface area contributed by atoms with Gasteiger partial charge in [-0.1, -0.05) is 17.4 Å². The third-order valence-corrected chi connectivity index (χ3v) is 4.33. The average Bonchev–Trinajstić information content (AvgIpc) is 2.05. The highest BCUT2D eigenvalue weighted by Crippen LogP contribution is 2.06. The molecule has 0 aromatic carbocycles. The van der Waals surface area contributed by atoms with Crippen LogP contribution in [0.2, 0.25) is 0 Å². The molecule has 0 rings (SSSR count). The van der Waals surface area contributed by atoms with E-state index in [1.54, 1.807) is 23.6 Å². The molecule has 0 saturated heterocycles. The molecular weight excluding hydrogens is 196 g/mol. The van der Waals surface area contributed by atoms with Crippen LogP contribution >= 0.6 is 22.5 Å². The highest BCUT2D eigenvalue weighted by atomic mass is 35.6. The minimum absolute atomic E-state index is 0.475. The van der Waals surface area contributed by atoms with Crippen molar-refractivity contribution in [2.75, 3.05) is 0 Å². The summed E-state index contributed by atoms with van der Waals surface area (Å²) in [6.45, 7) is 7.70. The van der Waals surface area contributed by atoms with Crippen LogP contribution in [0.4, 0.5) is 0 Å². The number of nitrogens with one attached hydrogen (secondary N) is 1. The first-order valence-corrected chi connectivity index (χ1v) is 6.83. The van der Waals surface area contributed by atoms with E-state index in [2.05, 4.69) is 18.1 Å². The number of rotatable bonds is 5. The minimum Gasteiger partial charge on any atom is -0.400 e. The van der Waals surface area contributed by atoms with Crippen LogP contribution in [-0.2, 0) is 0 Å². The van der Waals surface area contributed by atoms with Crippen LogP contribution in [0, 0.1) is 0 Å². The third-order valence-electron chi connectivity index (χ3n) is 1.11. The molecule has 60 valence electrons. The van der Waals surface area contributed by atoms with Gasteiger partial charge in [-0.15, -0.1) is 24.2 Å². The first kappa shape index (κ1) is 10.9. The number of hydrogen-bond donors (Lipinski definition) is 1. The molecule has 0 radical (unpaired) electrons. The lowest BCUT2D eigenvalue weighted by Gasteiger charge is -2.14. The molecule has 1 nitrogen and oxygen atoms in total. The van der Waals surface area contributed by atoms with E-state index >= 15 is 0 Å². The van der Waals surface area contributed by atoms with Gasteiger partial charge in [0, 0.05) is 0 Å². The maximum Gasteiger partial charge on any atom is 0.301 e. The molecule has 0 amide bonds. The van der Waals surface area contributed by atoms with Crippen molar-refractivity contribution >= 4 is 36.8 Å². The molecule has 0 saturated carbocycles. The van der Waals surface area contributed by atoms with Gasteiger partial charge in [0.05, 0.1) is 0 Å². The molecule has 0 fully saturated rings. The Morgan fingerprint density at radius 2 is 1.91 bits per heavy atom. The molecule has 0 aliphatic rings. The Hall–Kier alpha value is -0.118. The molecule has 0 heterocycles. The first-order valence-electron chi connectivity index (χ1n) is 3.13. The first-order chi connectivity index (χ1) is 5.18. The maximum absolute atomic E-state index is 6.04. The van der Waals surface area contributed by atoms with Crippen LogP contribution in [-0.4, -0.2) is 14.2 Å². The largest absolute Gasteiger partial charge is 0.400 e. The second-order valence-electron chi connectivity index (χ2n) is 1.88. The van der Waals surface area contributed by atoms with Gasteiger partial charge in [0.1, 0.15) is 0 Å². The molecule has 0 unspecified atom stereocenters. The molecule has 0 aliphatic carbocycles. The maximum atomic E-state index is 6.04. The fraction of sp³-hybridized carbons (Fsp3) is 0. The van der Waals surface area contributed by atoms with Gasteiger partial charge in [-0.05, 0) is 6.20 Å². The monoisotopic (exact) mass is 205 g/mol. The number of halogens is 2. The molecule has 0 aromatic heterocycles. The molecule has 5 heteroatoms. The fourth-order valence-corrected chi connectivity index (χ4v) is 1.49. The minimum atomic E-state index is -2.13. The van der Waals surface area contributed by atoms with Crippen molar-refractivity contribution in [2.45, 2.75) is 0 Å². The van der Waals surface area contributed by atoms with Crippen LogP contribution in [0.15, 0.2) is 36.7 Å². The van der Waals surface area contributed by atoms with E-state index in [0.29, 0.717) is 6.69 Å². The van der Waals surface area contributed by atoms with E-state index in [9.17, 15) is 0 Å². The van der Waals surface area contributed by atoms with E-state index in [1.807, 2.05) is 0 Å². The smallest absolute Gasteiger partial charge is 0.301 e. The second kappa shape index (κ2) is 5.52. The van der Waals surface area contributed by atoms with Gasteiger partial charge in [0.15, 0.2) is 0 Å². The molecule has 0 spiro atoms. The Bertz CT molecular complexity index is 164. The van der Waals surface area contributed by atoms with Crippen molar-refractivity contribution in [3.05, 3.63) is 36.7 Å². The fourth-order valence-electron chi connectivity index (χ4n) is 0.432. The molecule has 0 aromatic rings. The Balaban J connectivity index is 3.97. The van der Waals surface area contributed by atoms with E-state index in [1.165, 1.54) is 0 Å². The molecular formula is C6H10BCl2NSi. The summed E-state index contributed by atoms with van der Waals surface area (Å²) in [4.78, 5) is 3.00. The SMILES string of the molecule is C=C[Si](Cl)(C=C)NC=CBCl. The zero-order valence-corrected chi connectivity index (χ0v) is 8.70. The number of hydrogen-bond acceptors (Lipinski definition) is 1. The summed E-state index contributed by atoms with van der Waals surface area (Å²) < 4.78 is 0. The van der Waals surface area contributed by atoms with Crippen LogP contribution in [0.1, 0.15) is 0 Å². The van der Waals surface area contributed by atoms with Crippen LogP contribution in [0.25, 0.3) is 0 Å². The summed E-state index contributed by atoms with van der Waals surface area (Å²) in [6, 6.07) is 0. The zero-order chi connectivity index (χ0) is 8.74. The normalized spacial score (nSPS) is 11.1. The van der Waals surface area contributed by atoms with Gasteiger partial charge in [-0.3, -0.25) is 0 Å². The summed E-state index contributed by atoms with van der Waals surface area (Å²) in [5.41, 5.74) is 3.39. The summed E-state index contributed by atoms with van der Waals surface area (Å²) in [5.74, 6) is 1.78. The lowest BCUT2D eigenvalue weighted by atomic mass is 10.1. The summed E-state index contributed by atoms with van der Waals surface area (Å²) in [6.07, 6.45) is 1.73. The highest BCUT2D eigenvalue weighted by molar-refractivity contribution is 7.24. The average molecular weight is 206 g/mol. The van der Waals surface area contributed by atoms with Crippen LogP contribution in [0.3, 0.4) is 0 Å². The van der Waals surface area contributed by atoms with Crippen molar-refractivity contribution in [3.63, 3.8) is 0 Å². The molecule has 0 bridgehead atoms. The quantitative estimate of drug-likeness (QED) is 0.533. The molecule has 11 heavy (non-hydrogen) atoms. The van der Waals surface area contributed by atoms with Crippen molar-refractivity contribution in [3.8, 4) is 0 Å².